The van der Waals surface area contributed by atoms with E-state index in [-0.39, 0.29) is 15.8 Å². The number of carbonyl (C=O) groups excluding carboxylic acids is 1. The number of hydrogen-bond donors (Lipinski definition) is 2. The van der Waals surface area contributed by atoms with E-state index in [1.165, 1.54) is 12.4 Å². The van der Waals surface area contributed by atoms with Crippen molar-refractivity contribution in [2.75, 3.05) is 10.0 Å². The second kappa shape index (κ2) is 7.89. The topological polar surface area (TPSA) is 101 Å². The van der Waals surface area contributed by atoms with Crippen LogP contribution in [0.4, 0.5) is 11.4 Å². The molecule has 1 amide bonds. The van der Waals surface area contributed by atoms with Gasteiger partial charge in [0.25, 0.3) is 10.0 Å². The van der Waals surface area contributed by atoms with Gasteiger partial charge in [-0.15, -0.1) is 0 Å². The van der Waals surface area contributed by atoms with Crippen LogP contribution in [0.3, 0.4) is 0 Å². The zero-order chi connectivity index (χ0) is 22.3. The van der Waals surface area contributed by atoms with Gasteiger partial charge in [0.15, 0.2) is 0 Å². The van der Waals surface area contributed by atoms with Crippen LogP contribution in [0.2, 0.25) is 5.02 Å². The molecule has 0 radical (unpaired) electrons. The first kappa shape index (κ1) is 20.4. The maximum atomic E-state index is 13.1. The van der Waals surface area contributed by atoms with Crippen LogP contribution < -0.4 is 10.0 Å². The molecule has 0 spiro atoms. The van der Waals surface area contributed by atoms with E-state index in [9.17, 15) is 13.2 Å². The summed E-state index contributed by atoms with van der Waals surface area (Å²) in [5, 5.41) is 3.67. The minimum atomic E-state index is -4.00. The summed E-state index contributed by atoms with van der Waals surface area (Å²) in [7, 11) is -4.00. The van der Waals surface area contributed by atoms with E-state index in [2.05, 4.69) is 20.0 Å². The molecule has 2 N–H and O–H groups in total. The second-order valence-corrected chi connectivity index (χ2v) is 9.47. The third kappa shape index (κ3) is 3.79. The first-order valence-electron chi connectivity index (χ1n) is 9.86. The Balaban J connectivity index is 1.51. The maximum Gasteiger partial charge on any atom is 0.263 e. The van der Waals surface area contributed by atoms with Gasteiger partial charge in [-0.25, -0.2) is 18.4 Å². The number of benzene rings is 3. The van der Waals surface area contributed by atoms with Gasteiger partial charge in [-0.3, -0.25) is 9.52 Å². The SMILES string of the molecule is O=C1CCc2cc(Cl)c(S(=O)(=O)Nc3cccc(-c4ncnc5ccccc45)c3)cc2N1. The summed E-state index contributed by atoms with van der Waals surface area (Å²) < 4.78 is 28.8. The van der Waals surface area contributed by atoms with Gasteiger partial charge in [-0.05, 0) is 42.3 Å². The highest BCUT2D eigenvalue weighted by Gasteiger charge is 2.24. The van der Waals surface area contributed by atoms with E-state index < -0.39 is 10.0 Å². The largest absolute Gasteiger partial charge is 0.326 e. The average Bonchev–Trinajstić information content (AvgIpc) is 2.78. The molecular formula is C23H17ClN4O3S. The summed E-state index contributed by atoms with van der Waals surface area (Å²) in [5.41, 5.74) is 3.88. The Hall–Kier alpha value is -3.49. The van der Waals surface area contributed by atoms with E-state index in [0.29, 0.717) is 29.9 Å². The van der Waals surface area contributed by atoms with Crippen LogP contribution in [0, 0.1) is 0 Å². The molecule has 4 aromatic rings. The number of aromatic nitrogens is 2. The summed E-state index contributed by atoms with van der Waals surface area (Å²) >= 11 is 6.29. The number of halogens is 1. The molecule has 2 heterocycles. The smallest absolute Gasteiger partial charge is 0.263 e. The van der Waals surface area contributed by atoms with Gasteiger partial charge in [0.05, 0.1) is 16.2 Å². The number of fused-ring (bicyclic) bond motifs is 2. The summed E-state index contributed by atoms with van der Waals surface area (Å²) in [5.74, 6) is -0.152. The Labute approximate surface area is 189 Å². The zero-order valence-electron chi connectivity index (χ0n) is 16.7. The summed E-state index contributed by atoms with van der Waals surface area (Å²) in [4.78, 5) is 20.3. The van der Waals surface area contributed by atoms with Crippen molar-refractivity contribution in [3.05, 3.63) is 77.6 Å². The van der Waals surface area contributed by atoms with Crippen molar-refractivity contribution in [3.63, 3.8) is 0 Å². The summed E-state index contributed by atoms with van der Waals surface area (Å²) in [6.07, 6.45) is 2.34. The van der Waals surface area contributed by atoms with E-state index in [1.807, 2.05) is 30.3 Å². The number of anilines is 2. The van der Waals surface area contributed by atoms with Crippen LogP contribution in [-0.4, -0.2) is 24.3 Å². The van der Waals surface area contributed by atoms with Crippen LogP contribution in [0.5, 0.6) is 0 Å². The zero-order valence-corrected chi connectivity index (χ0v) is 18.2. The van der Waals surface area contributed by atoms with Gasteiger partial charge in [-0.1, -0.05) is 41.9 Å². The molecule has 0 saturated carbocycles. The minimum absolute atomic E-state index is 0.0991. The predicted molar refractivity (Wildman–Crippen MR) is 124 cm³/mol. The fourth-order valence-electron chi connectivity index (χ4n) is 3.76. The highest BCUT2D eigenvalue weighted by molar-refractivity contribution is 7.92. The van der Waals surface area contributed by atoms with Crippen molar-refractivity contribution in [3.8, 4) is 11.3 Å². The van der Waals surface area contributed by atoms with Gasteiger partial charge in [0, 0.05) is 28.7 Å². The number of rotatable bonds is 4. The molecule has 1 aliphatic heterocycles. The van der Waals surface area contributed by atoms with Crippen molar-refractivity contribution >= 4 is 49.8 Å². The highest BCUT2D eigenvalue weighted by Crippen LogP contribution is 2.33. The molecule has 1 aromatic heterocycles. The lowest BCUT2D eigenvalue weighted by Crippen LogP contribution is -2.20. The normalized spacial score (nSPS) is 13.5. The Morgan fingerprint density at radius 1 is 0.969 bits per heavy atom. The lowest BCUT2D eigenvalue weighted by Gasteiger charge is -2.19. The first-order chi connectivity index (χ1) is 15.4. The molecular weight excluding hydrogens is 448 g/mol. The number of aryl methyl sites for hydroxylation is 1. The molecule has 7 nitrogen and oxygen atoms in total. The Morgan fingerprint density at radius 2 is 1.81 bits per heavy atom. The lowest BCUT2D eigenvalue weighted by atomic mass is 10.0. The van der Waals surface area contributed by atoms with Crippen LogP contribution in [0.1, 0.15) is 12.0 Å². The molecule has 0 fully saturated rings. The van der Waals surface area contributed by atoms with Crippen LogP contribution >= 0.6 is 11.6 Å². The summed E-state index contributed by atoms with van der Waals surface area (Å²) in [6, 6.07) is 17.6. The van der Waals surface area contributed by atoms with E-state index in [0.717, 1.165) is 22.0 Å². The molecule has 0 atom stereocenters. The monoisotopic (exact) mass is 464 g/mol. The molecule has 0 aliphatic carbocycles. The minimum Gasteiger partial charge on any atom is -0.326 e. The predicted octanol–water partition coefficient (Wildman–Crippen LogP) is 4.64. The number of sulfonamides is 1. The molecule has 160 valence electrons. The molecule has 9 heteroatoms. The number of para-hydroxylation sites is 1. The fourth-order valence-corrected chi connectivity index (χ4v) is 5.39. The van der Waals surface area contributed by atoms with Crippen molar-refractivity contribution in [1.82, 2.24) is 9.97 Å². The lowest BCUT2D eigenvalue weighted by molar-refractivity contribution is -0.116. The molecule has 0 bridgehead atoms. The Bertz CT molecular complexity index is 1480. The quantitative estimate of drug-likeness (QED) is 0.458. The molecule has 0 saturated heterocycles. The van der Waals surface area contributed by atoms with Gasteiger partial charge in [-0.2, -0.15) is 0 Å². The van der Waals surface area contributed by atoms with Gasteiger partial charge in [0.1, 0.15) is 11.2 Å². The number of nitrogens with one attached hydrogen (secondary N) is 2. The second-order valence-electron chi connectivity index (χ2n) is 7.41. The standard InChI is InChI=1S/C23H17ClN4O3S/c24-18-11-14-8-9-22(29)27-20(14)12-21(18)32(30,31)28-16-5-3-4-15(10-16)23-17-6-1-2-7-19(17)25-13-26-23/h1-7,10-13,28H,8-9H2,(H,27,29). The molecule has 5 rings (SSSR count). The van der Waals surface area contributed by atoms with E-state index in [1.54, 1.807) is 24.3 Å². The Morgan fingerprint density at radius 3 is 2.69 bits per heavy atom. The van der Waals surface area contributed by atoms with Crippen molar-refractivity contribution in [2.24, 2.45) is 0 Å². The maximum absolute atomic E-state index is 13.1. The third-order valence-corrected chi connectivity index (χ3v) is 7.12. The highest BCUT2D eigenvalue weighted by atomic mass is 35.5. The number of nitrogens with zero attached hydrogens (tertiary/aromatic N) is 2. The van der Waals surface area contributed by atoms with Gasteiger partial charge < -0.3 is 5.32 Å². The van der Waals surface area contributed by atoms with Crippen molar-refractivity contribution in [2.45, 2.75) is 17.7 Å². The number of hydrogen-bond acceptors (Lipinski definition) is 5. The van der Waals surface area contributed by atoms with Crippen molar-refractivity contribution in [1.29, 1.82) is 0 Å². The number of carbonyl (C=O) groups is 1. The van der Waals surface area contributed by atoms with Crippen LogP contribution in [0.25, 0.3) is 22.2 Å². The number of amides is 1. The van der Waals surface area contributed by atoms with E-state index >= 15 is 0 Å². The van der Waals surface area contributed by atoms with Gasteiger partial charge in [0.2, 0.25) is 5.91 Å². The molecule has 0 unspecified atom stereocenters. The third-order valence-electron chi connectivity index (χ3n) is 5.27. The fraction of sp³-hybridized carbons (Fsp3) is 0.0870. The van der Waals surface area contributed by atoms with E-state index in [4.69, 9.17) is 11.6 Å². The van der Waals surface area contributed by atoms with Crippen LogP contribution in [0.15, 0.2) is 71.9 Å². The molecule has 1 aliphatic rings. The average molecular weight is 465 g/mol. The molecule has 3 aromatic carbocycles. The van der Waals surface area contributed by atoms with Crippen molar-refractivity contribution < 1.29 is 13.2 Å². The first-order valence-corrected chi connectivity index (χ1v) is 11.7. The summed E-state index contributed by atoms with van der Waals surface area (Å²) in [6.45, 7) is 0. The van der Waals surface area contributed by atoms with Crippen LogP contribution in [-0.2, 0) is 21.2 Å². The Kier molecular flexibility index (Phi) is 5.03. The molecule has 32 heavy (non-hydrogen) atoms. The van der Waals surface area contributed by atoms with Gasteiger partial charge >= 0.3 is 0 Å².